The van der Waals surface area contributed by atoms with Crippen LogP contribution in [0.5, 0.6) is 5.75 Å². The second kappa shape index (κ2) is 7.71. The van der Waals surface area contributed by atoms with E-state index in [9.17, 15) is 4.79 Å². The number of carbonyl (C=O) groups is 1. The Balaban J connectivity index is 2.49. The number of benzene rings is 1. The summed E-state index contributed by atoms with van der Waals surface area (Å²) >= 11 is 0. The van der Waals surface area contributed by atoms with Crippen molar-refractivity contribution < 1.29 is 9.53 Å². The molecule has 0 saturated heterocycles. The van der Waals surface area contributed by atoms with Crippen LogP contribution in [-0.2, 0) is 4.79 Å². The largest absolute Gasteiger partial charge is 0.493 e. The quantitative estimate of drug-likeness (QED) is 0.726. The first kappa shape index (κ1) is 14.5. The van der Waals surface area contributed by atoms with E-state index >= 15 is 0 Å². The van der Waals surface area contributed by atoms with Gasteiger partial charge in [0.2, 0.25) is 5.91 Å². The van der Waals surface area contributed by atoms with Crippen molar-refractivity contribution in [1.29, 1.82) is 0 Å². The number of hydrogen-bond donors (Lipinski definition) is 2. The summed E-state index contributed by atoms with van der Waals surface area (Å²) < 4.78 is 5.74. The van der Waals surface area contributed by atoms with E-state index in [4.69, 9.17) is 4.74 Å². The number of hydrogen-bond acceptors (Lipinski definition) is 3. The lowest BCUT2D eigenvalue weighted by atomic mass is 10.1. The molecule has 1 unspecified atom stereocenters. The fourth-order valence-corrected chi connectivity index (χ4v) is 1.67. The van der Waals surface area contributed by atoms with Gasteiger partial charge in [0.15, 0.2) is 0 Å². The molecule has 1 atom stereocenters. The molecule has 0 heterocycles. The normalized spacial score (nSPS) is 11.9. The Hall–Kier alpha value is -1.55. The van der Waals surface area contributed by atoms with Gasteiger partial charge in [0, 0.05) is 25.1 Å². The summed E-state index contributed by atoms with van der Waals surface area (Å²) in [5.74, 6) is 0.937. The smallest absolute Gasteiger partial charge is 0.219 e. The van der Waals surface area contributed by atoms with E-state index in [1.807, 2.05) is 25.2 Å². The Morgan fingerprint density at radius 2 is 2.06 bits per heavy atom. The van der Waals surface area contributed by atoms with Crippen LogP contribution in [0.15, 0.2) is 24.3 Å². The first-order valence-electron chi connectivity index (χ1n) is 6.28. The van der Waals surface area contributed by atoms with E-state index in [0.29, 0.717) is 13.0 Å². The molecule has 0 radical (unpaired) electrons. The van der Waals surface area contributed by atoms with Crippen molar-refractivity contribution in [3.8, 4) is 5.75 Å². The van der Waals surface area contributed by atoms with Gasteiger partial charge in [-0.3, -0.25) is 4.79 Å². The summed E-state index contributed by atoms with van der Waals surface area (Å²) in [6.07, 6.45) is 1.22. The molecule has 1 rings (SSSR count). The molecule has 0 aliphatic carbocycles. The summed E-state index contributed by atoms with van der Waals surface area (Å²) in [4.78, 5) is 11.1. The third kappa shape index (κ3) is 4.37. The maximum atomic E-state index is 11.1. The lowest BCUT2D eigenvalue weighted by Gasteiger charge is -2.16. The van der Waals surface area contributed by atoms with Crippen molar-refractivity contribution in [3.05, 3.63) is 29.8 Å². The van der Waals surface area contributed by atoms with Crippen molar-refractivity contribution >= 4 is 5.91 Å². The van der Waals surface area contributed by atoms with Crippen LogP contribution < -0.4 is 15.4 Å². The molecule has 0 fully saturated rings. The second-order valence-corrected chi connectivity index (χ2v) is 4.17. The van der Waals surface area contributed by atoms with Gasteiger partial charge in [0.05, 0.1) is 6.61 Å². The molecule has 0 aliphatic heterocycles. The van der Waals surface area contributed by atoms with Crippen molar-refractivity contribution in [3.63, 3.8) is 0 Å². The number of rotatable bonds is 7. The third-order valence-electron chi connectivity index (χ3n) is 2.90. The first-order valence-corrected chi connectivity index (χ1v) is 6.28. The molecule has 0 saturated carbocycles. The van der Waals surface area contributed by atoms with Crippen LogP contribution in [-0.4, -0.2) is 26.6 Å². The molecule has 0 spiro atoms. The van der Waals surface area contributed by atoms with E-state index < -0.39 is 0 Å². The zero-order valence-corrected chi connectivity index (χ0v) is 11.3. The van der Waals surface area contributed by atoms with Crippen LogP contribution in [0, 0.1) is 0 Å². The van der Waals surface area contributed by atoms with Gasteiger partial charge in [0.1, 0.15) is 5.75 Å². The fourth-order valence-electron chi connectivity index (χ4n) is 1.67. The number of ether oxygens (including phenoxy) is 1. The van der Waals surface area contributed by atoms with Crippen molar-refractivity contribution in [2.75, 3.05) is 20.7 Å². The van der Waals surface area contributed by atoms with Crippen LogP contribution in [0.3, 0.4) is 0 Å². The minimum atomic E-state index is 0.0514. The zero-order chi connectivity index (χ0) is 13.4. The monoisotopic (exact) mass is 250 g/mol. The van der Waals surface area contributed by atoms with Gasteiger partial charge >= 0.3 is 0 Å². The number of para-hydroxylation sites is 1. The molecule has 100 valence electrons. The second-order valence-electron chi connectivity index (χ2n) is 4.17. The van der Waals surface area contributed by atoms with Crippen molar-refractivity contribution in [1.82, 2.24) is 10.6 Å². The summed E-state index contributed by atoms with van der Waals surface area (Å²) in [7, 11) is 3.57. The third-order valence-corrected chi connectivity index (χ3v) is 2.90. The van der Waals surface area contributed by atoms with Crippen molar-refractivity contribution in [2.45, 2.75) is 25.8 Å². The highest BCUT2D eigenvalue weighted by Gasteiger charge is 2.09. The highest BCUT2D eigenvalue weighted by molar-refractivity contribution is 5.75. The standard InChI is InChI=1S/C14H22N2O2/c1-11(15-2)12-7-4-5-8-13(12)18-10-6-9-14(17)16-3/h4-5,7-8,11,15H,6,9-10H2,1-3H3,(H,16,17). The number of carbonyl (C=O) groups excluding carboxylic acids is 1. The highest BCUT2D eigenvalue weighted by Crippen LogP contribution is 2.24. The van der Waals surface area contributed by atoms with Gasteiger partial charge in [-0.1, -0.05) is 18.2 Å². The molecule has 4 heteroatoms. The maximum absolute atomic E-state index is 11.1. The first-order chi connectivity index (χ1) is 8.69. The molecule has 18 heavy (non-hydrogen) atoms. The minimum absolute atomic E-state index is 0.0514. The Bertz CT molecular complexity index is 380. The highest BCUT2D eigenvalue weighted by atomic mass is 16.5. The van der Waals surface area contributed by atoms with Gasteiger partial charge < -0.3 is 15.4 Å². The predicted octanol–water partition coefficient (Wildman–Crippen LogP) is 1.87. The van der Waals surface area contributed by atoms with Crippen LogP contribution in [0.25, 0.3) is 0 Å². The topological polar surface area (TPSA) is 50.4 Å². The summed E-state index contributed by atoms with van der Waals surface area (Å²) in [6, 6.07) is 8.22. The summed E-state index contributed by atoms with van der Waals surface area (Å²) in [6.45, 7) is 2.65. The maximum Gasteiger partial charge on any atom is 0.219 e. The lowest BCUT2D eigenvalue weighted by Crippen LogP contribution is -2.18. The van der Waals surface area contributed by atoms with Crippen LogP contribution in [0.1, 0.15) is 31.4 Å². The fraction of sp³-hybridized carbons (Fsp3) is 0.500. The SMILES string of the molecule is CNC(=O)CCCOc1ccccc1C(C)NC. The molecule has 1 amide bonds. The van der Waals surface area contributed by atoms with E-state index in [1.165, 1.54) is 0 Å². The summed E-state index contributed by atoms with van der Waals surface area (Å²) in [5.41, 5.74) is 1.14. The van der Waals surface area contributed by atoms with Gasteiger partial charge in [-0.15, -0.1) is 0 Å². The molecule has 0 aliphatic rings. The number of nitrogens with one attached hydrogen (secondary N) is 2. The molecular formula is C14H22N2O2. The zero-order valence-electron chi connectivity index (χ0n) is 11.3. The van der Waals surface area contributed by atoms with E-state index in [1.54, 1.807) is 7.05 Å². The molecule has 0 aromatic heterocycles. The van der Waals surface area contributed by atoms with Gasteiger partial charge in [-0.05, 0) is 26.5 Å². The predicted molar refractivity (Wildman–Crippen MR) is 72.7 cm³/mol. The van der Waals surface area contributed by atoms with Gasteiger partial charge in [-0.25, -0.2) is 0 Å². The molecular weight excluding hydrogens is 228 g/mol. The van der Waals surface area contributed by atoms with Crippen LogP contribution in [0.2, 0.25) is 0 Å². The number of amides is 1. The Morgan fingerprint density at radius 1 is 1.33 bits per heavy atom. The molecule has 0 bridgehead atoms. The van der Waals surface area contributed by atoms with Crippen LogP contribution in [0.4, 0.5) is 0 Å². The Morgan fingerprint density at radius 3 is 2.72 bits per heavy atom. The Labute approximate surface area is 109 Å². The average Bonchev–Trinajstić information content (AvgIpc) is 2.42. The van der Waals surface area contributed by atoms with Gasteiger partial charge in [0.25, 0.3) is 0 Å². The van der Waals surface area contributed by atoms with Gasteiger partial charge in [-0.2, -0.15) is 0 Å². The summed E-state index contributed by atoms with van der Waals surface area (Å²) in [5, 5.41) is 5.79. The lowest BCUT2D eigenvalue weighted by molar-refractivity contribution is -0.120. The van der Waals surface area contributed by atoms with E-state index in [-0.39, 0.29) is 11.9 Å². The molecule has 1 aromatic rings. The molecule has 1 aromatic carbocycles. The van der Waals surface area contributed by atoms with E-state index in [0.717, 1.165) is 17.7 Å². The average molecular weight is 250 g/mol. The molecule has 4 nitrogen and oxygen atoms in total. The van der Waals surface area contributed by atoms with Crippen LogP contribution >= 0.6 is 0 Å². The van der Waals surface area contributed by atoms with Crippen molar-refractivity contribution in [2.24, 2.45) is 0 Å². The Kier molecular flexibility index (Phi) is 6.22. The minimum Gasteiger partial charge on any atom is -0.493 e. The van der Waals surface area contributed by atoms with E-state index in [2.05, 4.69) is 23.6 Å². The molecule has 2 N–H and O–H groups in total.